The summed E-state index contributed by atoms with van der Waals surface area (Å²) in [5, 5.41) is 3.29. The number of hydrogen-bond donors (Lipinski definition) is 1. The van der Waals surface area contributed by atoms with Crippen molar-refractivity contribution in [3.63, 3.8) is 0 Å². The van der Waals surface area contributed by atoms with Crippen molar-refractivity contribution in [2.75, 3.05) is 20.1 Å². The number of likely N-dealkylation sites (tertiary alicyclic amines) is 1. The van der Waals surface area contributed by atoms with E-state index in [0.717, 1.165) is 24.6 Å². The minimum atomic E-state index is 0.671. The SMILES string of the molecule is CNCC1CCCCN1Cc1ccc(C)o1. The molecule has 1 aliphatic rings. The van der Waals surface area contributed by atoms with Gasteiger partial charge in [0.15, 0.2) is 0 Å². The molecular formula is C13H22N2O. The van der Waals surface area contributed by atoms with E-state index in [9.17, 15) is 0 Å². The fourth-order valence-corrected chi connectivity index (χ4v) is 2.51. The number of nitrogens with zero attached hydrogens (tertiary/aromatic N) is 1. The molecule has 0 amide bonds. The Bertz CT molecular complexity index is 319. The van der Waals surface area contributed by atoms with Gasteiger partial charge in [0.1, 0.15) is 11.5 Å². The normalized spacial score (nSPS) is 22.5. The third-order valence-electron chi connectivity index (χ3n) is 3.34. The average Bonchev–Trinajstić information content (AvgIpc) is 2.67. The summed E-state index contributed by atoms with van der Waals surface area (Å²) in [6.07, 6.45) is 3.99. The minimum Gasteiger partial charge on any atom is -0.465 e. The van der Waals surface area contributed by atoms with Gasteiger partial charge in [0.05, 0.1) is 6.54 Å². The van der Waals surface area contributed by atoms with Crippen molar-refractivity contribution in [2.45, 2.75) is 38.8 Å². The van der Waals surface area contributed by atoms with Crippen LogP contribution < -0.4 is 5.32 Å². The van der Waals surface area contributed by atoms with Gasteiger partial charge in [-0.1, -0.05) is 6.42 Å². The fraction of sp³-hybridized carbons (Fsp3) is 0.692. The second-order valence-electron chi connectivity index (χ2n) is 4.69. The molecule has 0 spiro atoms. The van der Waals surface area contributed by atoms with Crippen LogP contribution in [0.25, 0.3) is 0 Å². The van der Waals surface area contributed by atoms with Gasteiger partial charge in [0, 0.05) is 12.6 Å². The molecule has 1 atom stereocenters. The van der Waals surface area contributed by atoms with Crippen LogP contribution in [-0.4, -0.2) is 31.1 Å². The van der Waals surface area contributed by atoms with Crippen LogP contribution in [0.5, 0.6) is 0 Å². The third kappa shape index (κ3) is 2.86. The molecule has 1 aromatic heterocycles. The van der Waals surface area contributed by atoms with Crippen LogP contribution in [0.1, 0.15) is 30.8 Å². The van der Waals surface area contributed by atoms with E-state index in [2.05, 4.69) is 16.3 Å². The average molecular weight is 222 g/mol. The van der Waals surface area contributed by atoms with E-state index in [4.69, 9.17) is 4.42 Å². The Labute approximate surface area is 97.8 Å². The van der Waals surface area contributed by atoms with E-state index in [1.807, 2.05) is 20.0 Å². The standard InChI is InChI=1S/C13H22N2O/c1-11-6-7-13(16-11)10-15-8-4-3-5-12(15)9-14-2/h6-7,12,14H,3-5,8-10H2,1-2H3. The summed E-state index contributed by atoms with van der Waals surface area (Å²) in [6, 6.07) is 4.82. The number of nitrogens with one attached hydrogen (secondary N) is 1. The largest absolute Gasteiger partial charge is 0.465 e. The van der Waals surface area contributed by atoms with E-state index in [1.54, 1.807) is 0 Å². The number of aryl methyl sites for hydroxylation is 1. The Kier molecular flexibility index (Phi) is 4.02. The molecule has 0 aromatic carbocycles. The molecule has 1 aromatic rings. The maximum absolute atomic E-state index is 5.65. The quantitative estimate of drug-likeness (QED) is 0.846. The number of likely N-dealkylation sites (N-methyl/N-ethyl adjacent to an activating group) is 1. The van der Waals surface area contributed by atoms with Crippen molar-refractivity contribution in [3.8, 4) is 0 Å². The van der Waals surface area contributed by atoms with Gasteiger partial charge >= 0.3 is 0 Å². The van der Waals surface area contributed by atoms with Crippen molar-refractivity contribution in [3.05, 3.63) is 23.7 Å². The second kappa shape index (κ2) is 5.51. The van der Waals surface area contributed by atoms with Crippen LogP contribution in [0.3, 0.4) is 0 Å². The molecule has 2 heterocycles. The predicted molar refractivity (Wildman–Crippen MR) is 65.4 cm³/mol. The summed E-state index contributed by atoms with van der Waals surface area (Å²) in [7, 11) is 2.03. The molecule has 0 bridgehead atoms. The van der Waals surface area contributed by atoms with E-state index in [-0.39, 0.29) is 0 Å². The Morgan fingerprint density at radius 3 is 3.00 bits per heavy atom. The van der Waals surface area contributed by atoms with Gasteiger partial charge in [-0.05, 0) is 45.5 Å². The number of furan rings is 1. The van der Waals surface area contributed by atoms with E-state index >= 15 is 0 Å². The second-order valence-corrected chi connectivity index (χ2v) is 4.69. The molecular weight excluding hydrogens is 200 g/mol. The van der Waals surface area contributed by atoms with Gasteiger partial charge in [0.2, 0.25) is 0 Å². The van der Waals surface area contributed by atoms with Crippen LogP contribution in [-0.2, 0) is 6.54 Å². The number of hydrogen-bond acceptors (Lipinski definition) is 3. The van der Waals surface area contributed by atoms with Crippen molar-refractivity contribution in [2.24, 2.45) is 0 Å². The van der Waals surface area contributed by atoms with Crippen LogP contribution in [0, 0.1) is 6.92 Å². The molecule has 1 fully saturated rings. The van der Waals surface area contributed by atoms with Crippen LogP contribution in [0.4, 0.5) is 0 Å². The van der Waals surface area contributed by atoms with Crippen LogP contribution >= 0.6 is 0 Å². The highest BCUT2D eigenvalue weighted by molar-refractivity contribution is 5.05. The highest BCUT2D eigenvalue weighted by Crippen LogP contribution is 2.20. The van der Waals surface area contributed by atoms with E-state index in [1.165, 1.54) is 25.8 Å². The molecule has 1 unspecified atom stereocenters. The van der Waals surface area contributed by atoms with Crippen LogP contribution in [0.15, 0.2) is 16.5 Å². The summed E-state index contributed by atoms with van der Waals surface area (Å²) in [5.74, 6) is 2.11. The number of rotatable bonds is 4. The van der Waals surface area contributed by atoms with Crippen molar-refractivity contribution < 1.29 is 4.42 Å². The van der Waals surface area contributed by atoms with E-state index < -0.39 is 0 Å². The Morgan fingerprint density at radius 1 is 1.44 bits per heavy atom. The summed E-state index contributed by atoms with van der Waals surface area (Å²) < 4.78 is 5.65. The third-order valence-corrected chi connectivity index (χ3v) is 3.34. The first kappa shape index (κ1) is 11.7. The highest BCUT2D eigenvalue weighted by Gasteiger charge is 2.22. The number of piperidine rings is 1. The van der Waals surface area contributed by atoms with Gasteiger partial charge in [-0.2, -0.15) is 0 Å². The lowest BCUT2D eigenvalue weighted by molar-refractivity contribution is 0.129. The zero-order valence-corrected chi connectivity index (χ0v) is 10.3. The summed E-state index contributed by atoms with van der Waals surface area (Å²) in [5.41, 5.74) is 0. The van der Waals surface area contributed by atoms with E-state index in [0.29, 0.717) is 6.04 Å². The first-order valence-electron chi connectivity index (χ1n) is 6.23. The lowest BCUT2D eigenvalue weighted by Gasteiger charge is -2.35. The summed E-state index contributed by atoms with van der Waals surface area (Å²) in [6.45, 7) is 5.25. The van der Waals surface area contributed by atoms with Crippen molar-refractivity contribution in [1.82, 2.24) is 10.2 Å². The van der Waals surface area contributed by atoms with Gasteiger partial charge < -0.3 is 9.73 Å². The van der Waals surface area contributed by atoms with Gasteiger partial charge in [0.25, 0.3) is 0 Å². The molecule has 0 radical (unpaired) electrons. The monoisotopic (exact) mass is 222 g/mol. The maximum Gasteiger partial charge on any atom is 0.118 e. The zero-order chi connectivity index (χ0) is 11.4. The summed E-state index contributed by atoms with van der Waals surface area (Å²) in [4.78, 5) is 2.54. The van der Waals surface area contributed by atoms with Crippen molar-refractivity contribution in [1.29, 1.82) is 0 Å². The molecule has 16 heavy (non-hydrogen) atoms. The predicted octanol–water partition coefficient (Wildman–Crippen LogP) is 2.16. The Morgan fingerprint density at radius 2 is 2.31 bits per heavy atom. The fourth-order valence-electron chi connectivity index (χ4n) is 2.51. The lowest BCUT2D eigenvalue weighted by atomic mass is 10.0. The molecule has 0 aliphatic carbocycles. The molecule has 1 N–H and O–H groups in total. The minimum absolute atomic E-state index is 0.671. The van der Waals surface area contributed by atoms with Gasteiger partial charge in [-0.25, -0.2) is 0 Å². The first-order chi connectivity index (χ1) is 7.79. The molecule has 90 valence electrons. The molecule has 1 saturated heterocycles. The van der Waals surface area contributed by atoms with Crippen LogP contribution in [0.2, 0.25) is 0 Å². The smallest absolute Gasteiger partial charge is 0.118 e. The molecule has 2 rings (SSSR count). The molecule has 3 heteroatoms. The van der Waals surface area contributed by atoms with Gasteiger partial charge in [-0.15, -0.1) is 0 Å². The van der Waals surface area contributed by atoms with Gasteiger partial charge in [-0.3, -0.25) is 4.90 Å². The molecule has 0 saturated carbocycles. The first-order valence-corrected chi connectivity index (χ1v) is 6.23. The Hall–Kier alpha value is -0.800. The highest BCUT2D eigenvalue weighted by atomic mass is 16.3. The molecule has 1 aliphatic heterocycles. The molecule has 3 nitrogen and oxygen atoms in total. The Balaban J connectivity index is 1.95. The zero-order valence-electron chi connectivity index (χ0n) is 10.3. The maximum atomic E-state index is 5.65. The summed E-state index contributed by atoms with van der Waals surface area (Å²) >= 11 is 0. The lowest BCUT2D eigenvalue weighted by Crippen LogP contribution is -2.44. The topological polar surface area (TPSA) is 28.4 Å². The van der Waals surface area contributed by atoms with Crippen molar-refractivity contribution >= 4 is 0 Å².